The molecular formula is C10H14O. The number of ether oxygens (including phenoxy) is 1. The minimum Gasteiger partial charge on any atom is -0.348 e. The summed E-state index contributed by atoms with van der Waals surface area (Å²) in [4.78, 5) is 0. The molecule has 1 aliphatic rings. The largest absolute Gasteiger partial charge is 0.348 e. The van der Waals surface area contributed by atoms with E-state index >= 15 is 0 Å². The second-order valence-corrected chi connectivity index (χ2v) is 2.91. The van der Waals surface area contributed by atoms with Crippen molar-refractivity contribution >= 4 is 0 Å². The summed E-state index contributed by atoms with van der Waals surface area (Å²) in [6.45, 7) is 5.80. The zero-order valence-electron chi connectivity index (χ0n) is 6.97. The van der Waals surface area contributed by atoms with E-state index in [2.05, 4.69) is 19.4 Å². The van der Waals surface area contributed by atoms with Gasteiger partial charge in [0, 0.05) is 0 Å². The lowest BCUT2D eigenvalue weighted by atomic mass is 9.99. The molecule has 1 saturated heterocycles. The molecule has 11 heavy (non-hydrogen) atoms. The van der Waals surface area contributed by atoms with Gasteiger partial charge in [-0.25, -0.2) is 0 Å². The van der Waals surface area contributed by atoms with Gasteiger partial charge in [0.05, 0.1) is 0 Å². The molecular weight excluding hydrogens is 136 g/mol. The maximum absolute atomic E-state index is 5.35. The Balaban J connectivity index is 2.41. The van der Waals surface area contributed by atoms with Crippen molar-refractivity contribution in [3.8, 4) is 12.3 Å². The first-order chi connectivity index (χ1) is 5.29. The standard InChI is InChI=1S/C10H14O/c1-4-7-8-10(6-3)9(5-2)11-10/h3,5,9H,2,4,7-8H2,1H3/t9-,10+/m0/s1. The molecule has 0 saturated carbocycles. The maximum atomic E-state index is 5.35. The van der Waals surface area contributed by atoms with Gasteiger partial charge in [-0.2, -0.15) is 0 Å². The van der Waals surface area contributed by atoms with Gasteiger partial charge in [0.15, 0.2) is 5.60 Å². The van der Waals surface area contributed by atoms with Crippen molar-refractivity contribution < 1.29 is 4.74 Å². The Bertz CT molecular complexity index is 190. The van der Waals surface area contributed by atoms with Crippen LogP contribution in [-0.2, 0) is 4.74 Å². The van der Waals surface area contributed by atoms with E-state index in [0.717, 1.165) is 19.3 Å². The first-order valence-corrected chi connectivity index (χ1v) is 4.07. The number of unbranched alkanes of at least 4 members (excludes halogenated alkanes) is 1. The average Bonchev–Trinajstić information content (AvgIpc) is 2.76. The molecule has 1 aliphatic heterocycles. The Morgan fingerprint density at radius 3 is 2.91 bits per heavy atom. The van der Waals surface area contributed by atoms with Crippen LogP contribution in [0, 0.1) is 12.3 Å². The predicted molar refractivity (Wildman–Crippen MR) is 46.2 cm³/mol. The molecule has 60 valence electrons. The lowest BCUT2D eigenvalue weighted by Gasteiger charge is -2.01. The van der Waals surface area contributed by atoms with Crippen LogP contribution in [0.5, 0.6) is 0 Å². The number of hydrogen-bond acceptors (Lipinski definition) is 1. The SMILES string of the molecule is C#C[C@]1(CCCC)O[C@H]1C=C. The van der Waals surface area contributed by atoms with E-state index < -0.39 is 0 Å². The molecule has 0 aromatic heterocycles. The van der Waals surface area contributed by atoms with Crippen LogP contribution >= 0.6 is 0 Å². The van der Waals surface area contributed by atoms with Gasteiger partial charge in [-0.05, 0) is 12.8 Å². The van der Waals surface area contributed by atoms with Gasteiger partial charge in [-0.1, -0.05) is 25.3 Å². The molecule has 1 nitrogen and oxygen atoms in total. The van der Waals surface area contributed by atoms with Gasteiger partial charge in [0.1, 0.15) is 6.10 Å². The van der Waals surface area contributed by atoms with Gasteiger partial charge in [-0.15, -0.1) is 13.0 Å². The third-order valence-electron chi connectivity index (χ3n) is 2.10. The molecule has 1 fully saturated rings. The normalized spacial score (nSPS) is 34.4. The van der Waals surface area contributed by atoms with Gasteiger partial charge in [0.25, 0.3) is 0 Å². The van der Waals surface area contributed by atoms with Crippen LogP contribution in [-0.4, -0.2) is 11.7 Å². The number of terminal acetylenes is 1. The lowest BCUT2D eigenvalue weighted by molar-refractivity contribution is 0.330. The summed E-state index contributed by atoms with van der Waals surface area (Å²) in [7, 11) is 0. The van der Waals surface area contributed by atoms with Crippen molar-refractivity contribution in [3.05, 3.63) is 12.7 Å². The highest BCUT2D eigenvalue weighted by molar-refractivity contribution is 5.26. The van der Waals surface area contributed by atoms with E-state index in [4.69, 9.17) is 11.2 Å². The number of epoxide rings is 1. The molecule has 0 spiro atoms. The molecule has 0 amide bonds. The zero-order valence-corrected chi connectivity index (χ0v) is 6.97. The molecule has 0 N–H and O–H groups in total. The highest BCUT2D eigenvalue weighted by Crippen LogP contribution is 2.40. The highest BCUT2D eigenvalue weighted by atomic mass is 16.6. The van der Waals surface area contributed by atoms with Crippen LogP contribution in [0.15, 0.2) is 12.7 Å². The quantitative estimate of drug-likeness (QED) is 0.340. The maximum Gasteiger partial charge on any atom is 0.158 e. The molecule has 0 radical (unpaired) electrons. The topological polar surface area (TPSA) is 12.5 Å². The van der Waals surface area contributed by atoms with Gasteiger partial charge in [0.2, 0.25) is 0 Å². The minimum atomic E-state index is -0.280. The van der Waals surface area contributed by atoms with E-state index in [1.807, 2.05) is 0 Å². The average molecular weight is 150 g/mol. The molecule has 0 aromatic rings. The molecule has 1 heterocycles. The number of hydrogen-bond donors (Lipinski definition) is 0. The molecule has 1 rings (SSSR count). The summed E-state index contributed by atoms with van der Waals surface area (Å²) in [6, 6.07) is 0. The van der Waals surface area contributed by atoms with E-state index in [1.165, 1.54) is 0 Å². The molecule has 0 bridgehead atoms. The van der Waals surface area contributed by atoms with Gasteiger partial charge >= 0.3 is 0 Å². The van der Waals surface area contributed by atoms with Crippen molar-refractivity contribution in [2.24, 2.45) is 0 Å². The minimum absolute atomic E-state index is 0.110. The van der Waals surface area contributed by atoms with Crippen LogP contribution in [0.3, 0.4) is 0 Å². The monoisotopic (exact) mass is 150 g/mol. The van der Waals surface area contributed by atoms with Crippen LogP contribution in [0.1, 0.15) is 26.2 Å². The summed E-state index contributed by atoms with van der Waals surface area (Å²) in [5.41, 5.74) is -0.280. The Morgan fingerprint density at radius 2 is 2.55 bits per heavy atom. The fourth-order valence-electron chi connectivity index (χ4n) is 1.26. The molecule has 0 aliphatic carbocycles. The van der Waals surface area contributed by atoms with Crippen molar-refractivity contribution in [2.75, 3.05) is 0 Å². The van der Waals surface area contributed by atoms with Gasteiger partial charge in [-0.3, -0.25) is 0 Å². The summed E-state index contributed by atoms with van der Waals surface area (Å²) >= 11 is 0. The zero-order chi connectivity index (χ0) is 8.32. The Morgan fingerprint density at radius 1 is 1.82 bits per heavy atom. The Kier molecular flexibility index (Phi) is 2.36. The van der Waals surface area contributed by atoms with Crippen LogP contribution in [0.2, 0.25) is 0 Å². The fraction of sp³-hybridized carbons (Fsp3) is 0.600. The van der Waals surface area contributed by atoms with Crippen molar-refractivity contribution in [1.29, 1.82) is 0 Å². The lowest BCUT2D eigenvalue weighted by Crippen LogP contribution is -2.10. The molecule has 2 atom stereocenters. The van der Waals surface area contributed by atoms with E-state index in [9.17, 15) is 0 Å². The molecule has 0 unspecified atom stereocenters. The predicted octanol–water partition coefficient (Wildman–Crippen LogP) is 2.13. The third-order valence-corrected chi connectivity index (χ3v) is 2.10. The second-order valence-electron chi connectivity index (χ2n) is 2.91. The first-order valence-electron chi connectivity index (χ1n) is 4.07. The van der Waals surface area contributed by atoms with Crippen molar-refractivity contribution in [3.63, 3.8) is 0 Å². The Labute approximate surface area is 68.4 Å². The summed E-state index contributed by atoms with van der Waals surface area (Å²) in [6.07, 6.45) is 10.5. The number of rotatable bonds is 4. The smallest absolute Gasteiger partial charge is 0.158 e. The van der Waals surface area contributed by atoms with E-state index in [1.54, 1.807) is 6.08 Å². The Hall–Kier alpha value is -0.740. The summed E-state index contributed by atoms with van der Waals surface area (Å²) < 4.78 is 5.35. The second kappa shape index (κ2) is 3.11. The van der Waals surface area contributed by atoms with Crippen LogP contribution < -0.4 is 0 Å². The van der Waals surface area contributed by atoms with Crippen molar-refractivity contribution in [1.82, 2.24) is 0 Å². The third kappa shape index (κ3) is 1.46. The fourth-order valence-corrected chi connectivity index (χ4v) is 1.26. The van der Waals surface area contributed by atoms with E-state index in [-0.39, 0.29) is 11.7 Å². The molecule has 1 heteroatoms. The van der Waals surface area contributed by atoms with Crippen LogP contribution in [0.4, 0.5) is 0 Å². The van der Waals surface area contributed by atoms with Crippen molar-refractivity contribution in [2.45, 2.75) is 37.9 Å². The van der Waals surface area contributed by atoms with E-state index in [0.29, 0.717) is 0 Å². The first kappa shape index (κ1) is 8.36. The summed E-state index contributed by atoms with van der Waals surface area (Å²) in [5, 5.41) is 0. The highest BCUT2D eigenvalue weighted by Gasteiger charge is 2.52. The summed E-state index contributed by atoms with van der Waals surface area (Å²) in [5.74, 6) is 2.69. The van der Waals surface area contributed by atoms with Crippen LogP contribution in [0.25, 0.3) is 0 Å². The molecule has 0 aromatic carbocycles. The van der Waals surface area contributed by atoms with Gasteiger partial charge < -0.3 is 4.74 Å².